The van der Waals surface area contributed by atoms with E-state index in [0.717, 1.165) is 0 Å². The van der Waals surface area contributed by atoms with Gasteiger partial charge in [-0.25, -0.2) is 0 Å². The van der Waals surface area contributed by atoms with Crippen LogP contribution >= 0.6 is 0 Å². The smallest absolute Gasteiger partial charge is 1.00 e. The molecule has 0 atom stereocenters. The van der Waals surface area contributed by atoms with Crippen molar-refractivity contribution in [3.8, 4) is 0 Å². The van der Waals surface area contributed by atoms with E-state index in [1.165, 1.54) is 0 Å². The van der Waals surface area contributed by atoms with Crippen molar-refractivity contribution in [2.75, 3.05) is 6.61 Å². The standard InChI is InChI=1S/C2H6O.K.3H2O.Ti.H/c1-2-3;;;;;;/h3H,2H2,1H3;;3*1H2;;/q;+1;;;;;-1. The first kappa shape index (κ1) is 49.0. The van der Waals surface area contributed by atoms with Crippen molar-refractivity contribution in [1.82, 2.24) is 0 Å². The SMILES string of the molecule is CCO.O.O.O.[H-].[K+].[Ti]. The molecule has 7 N–H and O–H groups in total. The summed E-state index contributed by atoms with van der Waals surface area (Å²) in [5, 5.41) is 7.57. The van der Waals surface area contributed by atoms with Gasteiger partial charge in [0.25, 0.3) is 0 Å². The number of hydrogen-bond donors (Lipinski definition) is 1. The van der Waals surface area contributed by atoms with Gasteiger partial charge in [0.2, 0.25) is 0 Å². The molecule has 0 heterocycles. The van der Waals surface area contributed by atoms with E-state index < -0.39 is 0 Å². The van der Waals surface area contributed by atoms with Crippen LogP contribution in [0.25, 0.3) is 0 Å². The topological polar surface area (TPSA) is 115 Å². The first-order valence-corrected chi connectivity index (χ1v) is 1.02. The maximum absolute atomic E-state index is 7.57. The van der Waals surface area contributed by atoms with Crippen LogP contribution in [0, 0.1) is 0 Å². The summed E-state index contributed by atoms with van der Waals surface area (Å²) in [6.45, 7) is 1.93. The van der Waals surface area contributed by atoms with Crippen LogP contribution in [0.1, 0.15) is 8.35 Å². The Morgan fingerprint density at radius 3 is 1.25 bits per heavy atom. The van der Waals surface area contributed by atoms with Gasteiger partial charge in [0.05, 0.1) is 0 Å². The van der Waals surface area contributed by atoms with Crippen LogP contribution in [0.2, 0.25) is 0 Å². The molecule has 0 amide bonds. The molecule has 0 unspecified atom stereocenters. The second kappa shape index (κ2) is 60.6. The molecule has 8 heavy (non-hydrogen) atoms. The molecule has 0 aliphatic rings. The van der Waals surface area contributed by atoms with Gasteiger partial charge < -0.3 is 23.0 Å². The van der Waals surface area contributed by atoms with Crippen LogP contribution in [0.15, 0.2) is 0 Å². The number of hydrogen-bond acceptors (Lipinski definition) is 1. The van der Waals surface area contributed by atoms with Crippen molar-refractivity contribution < 1.29 is 96.1 Å². The van der Waals surface area contributed by atoms with Gasteiger partial charge in [0, 0.05) is 28.3 Å². The minimum absolute atomic E-state index is 0. The Kier molecular flexibility index (Phi) is 371. The third kappa shape index (κ3) is 88.2. The summed E-state index contributed by atoms with van der Waals surface area (Å²) in [5.74, 6) is 0. The van der Waals surface area contributed by atoms with Gasteiger partial charge >= 0.3 is 51.4 Å². The molecule has 50 valence electrons. The summed E-state index contributed by atoms with van der Waals surface area (Å²) in [6.07, 6.45) is 0. The molecule has 0 bridgehead atoms. The molecule has 4 nitrogen and oxygen atoms in total. The predicted octanol–water partition coefficient (Wildman–Crippen LogP) is -5.36. The van der Waals surface area contributed by atoms with Crippen molar-refractivity contribution >= 4 is 0 Å². The molecule has 0 saturated carbocycles. The quantitative estimate of drug-likeness (QED) is 0.375. The van der Waals surface area contributed by atoms with Crippen molar-refractivity contribution in [3.05, 3.63) is 0 Å². The number of aliphatic hydroxyl groups is 1. The van der Waals surface area contributed by atoms with Crippen molar-refractivity contribution in [2.45, 2.75) is 6.92 Å². The van der Waals surface area contributed by atoms with Crippen LogP contribution in [0.5, 0.6) is 0 Å². The molecule has 0 radical (unpaired) electrons. The van der Waals surface area contributed by atoms with E-state index in [1.807, 2.05) is 0 Å². The van der Waals surface area contributed by atoms with E-state index in [4.69, 9.17) is 5.11 Å². The summed E-state index contributed by atoms with van der Waals surface area (Å²) in [5.41, 5.74) is 0. The second-order valence-electron chi connectivity index (χ2n) is 0.316. The fourth-order valence-corrected chi connectivity index (χ4v) is 0. The normalized spacial score (nSPS) is 2.25. The van der Waals surface area contributed by atoms with Crippen LogP contribution in [0.4, 0.5) is 0 Å². The second-order valence-corrected chi connectivity index (χ2v) is 0.316. The Labute approximate surface area is 108 Å². The molecule has 0 aromatic carbocycles. The molecule has 0 fully saturated rings. The zero-order chi connectivity index (χ0) is 2.71. The molecule has 0 aliphatic heterocycles. The van der Waals surface area contributed by atoms with Gasteiger partial charge in [0.15, 0.2) is 0 Å². The van der Waals surface area contributed by atoms with Crippen molar-refractivity contribution in [3.63, 3.8) is 0 Å². The summed E-state index contributed by atoms with van der Waals surface area (Å²) < 4.78 is 0. The van der Waals surface area contributed by atoms with Gasteiger partial charge in [-0.15, -0.1) is 0 Å². The van der Waals surface area contributed by atoms with Gasteiger partial charge in [-0.05, 0) is 6.92 Å². The Bertz CT molecular complexity index is 18.5. The Morgan fingerprint density at radius 1 is 1.25 bits per heavy atom. The first-order valence-electron chi connectivity index (χ1n) is 1.02. The molecule has 0 spiro atoms. The molecule has 0 saturated heterocycles. The predicted molar refractivity (Wildman–Crippen MR) is 24.7 cm³/mol. The largest absolute Gasteiger partial charge is 1.00 e. The average Bonchev–Trinajstić information content (AvgIpc) is 0.918. The number of rotatable bonds is 0. The molecule has 0 rings (SSSR count). The van der Waals surface area contributed by atoms with E-state index in [1.54, 1.807) is 6.92 Å². The van der Waals surface area contributed by atoms with Gasteiger partial charge in [0.1, 0.15) is 0 Å². The zero-order valence-corrected chi connectivity index (χ0v) is 9.84. The van der Waals surface area contributed by atoms with Gasteiger partial charge in [-0.2, -0.15) is 0 Å². The Balaban J connectivity index is -0.00000000133. The summed E-state index contributed by atoms with van der Waals surface area (Å²) in [6, 6.07) is 0. The van der Waals surface area contributed by atoms with Gasteiger partial charge in [-0.1, -0.05) is 0 Å². The zero-order valence-electron chi connectivity index (χ0n) is 6.15. The van der Waals surface area contributed by atoms with Crippen LogP contribution in [0.3, 0.4) is 0 Å². The van der Waals surface area contributed by atoms with Crippen LogP contribution in [-0.4, -0.2) is 28.1 Å². The molecule has 0 aromatic heterocycles. The van der Waals surface area contributed by atoms with E-state index in [-0.39, 0.29) is 97.6 Å². The maximum atomic E-state index is 7.57. The first-order chi connectivity index (χ1) is 1.41. The summed E-state index contributed by atoms with van der Waals surface area (Å²) in [4.78, 5) is 0. The van der Waals surface area contributed by atoms with E-state index in [9.17, 15) is 0 Å². The fourth-order valence-electron chi connectivity index (χ4n) is 0. The molecule has 6 heteroatoms. The monoisotopic (exact) mass is 188 g/mol. The van der Waals surface area contributed by atoms with E-state index >= 15 is 0 Å². The average molecular weight is 188 g/mol. The molecular formula is C2H13KO4Ti. The third-order valence-electron chi connectivity index (χ3n) is 0. The Hall–Kier alpha value is 2.19. The van der Waals surface area contributed by atoms with E-state index in [2.05, 4.69) is 0 Å². The van der Waals surface area contributed by atoms with Crippen molar-refractivity contribution in [1.29, 1.82) is 0 Å². The minimum Gasteiger partial charge on any atom is -1.00 e. The Morgan fingerprint density at radius 2 is 1.25 bits per heavy atom. The number of aliphatic hydroxyl groups excluding tert-OH is 1. The molecule has 0 aliphatic carbocycles. The molecular weight excluding hydrogens is 175 g/mol. The summed E-state index contributed by atoms with van der Waals surface area (Å²) >= 11 is 0. The van der Waals surface area contributed by atoms with Crippen LogP contribution < -0.4 is 51.4 Å². The fraction of sp³-hybridized carbons (Fsp3) is 1.00. The molecule has 0 aromatic rings. The van der Waals surface area contributed by atoms with Crippen molar-refractivity contribution in [2.24, 2.45) is 0 Å². The van der Waals surface area contributed by atoms with E-state index in [0.29, 0.717) is 0 Å². The maximum Gasteiger partial charge on any atom is 1.00 e. The van der Waals surface area contributed by atoms with Gasteiger partial charge in [-0.3, -0.25) is 0 Å². The third-order valence-corrected chi connectivity index (χ3v) is 0. The summed E-state index contributed by atoms with van der Waals surface area (Å²) in [7, 11) is 0. The van der Waals surface area contributed by atoms with Crippen LogP contribution in [-0.2, 0) is 21.7 Å². The minimum atomic E-state index is 0.